The summed E-state index contributed by atoms with van der Waals surface area (Å²) in [7, 11) is 0. The Morgan fingerprint density at radius 3 is 1.75 bits per heavy atom. The van der Waals surface area contributed by atoms with E-state index in [1.54, 1.807) is 0 Å². The van der Waals surface area contributed by atoms with E-state index >= 15 is 0 Å². The smallest absolute Gasteiger partial charge is 0.402 e. The third kappa shape index (κ3) is 31.1. The number of isocyanates is 1. The zero-order valence-corrected chi connectivity index (χ0v) is 4.00. The number of hydrogen-bond acceptors (Lipinski definition) is 3. The molecule has 0 atom stereocenters. The van der Waals surface area contributed by atoms with Crippen molar-refractivity contribution in [2.45, 2.75) is 0 Å². The van der Waals surface area contributed by atoms with Gasteiger partial charge in [0.2, 0.25) is 0 Å². The van der Waals surface area contributed by atoms with Crippen molar-refractivity contribution in [2.24, 2.45) is 5.73 Å². The monoisotopic (exact) mass is 120 g/mol. The molecule has 0 radical (unpaired) electrons. The molecule has 0 saturated heterocycles. The largest absolute Gasteiger partial charge is 0.724 e. The maximum atomic E-state index is 8.78. The highest BCUT2D eigenvalue weighted by molar-refractivity contribution is 5.61. The van der Waals surface area contributed by atoms with Crippen LogP contribution in [0.3, 0.4) is 0 Å². The molecule has 6 heteroatoms. The van der Waals surface area contributed by atoms with Gasteiger partial charge in [0.25, 0.3) is 0 Å². The third-order valence-electron chi connectivity index (χ3n) is 0. The van der Waals surface area contributed by atoms with Gasteiger partial charge in [0.15, 0.2) is 0 Å². The van der Waals surface area contributed by atoms with Gasteiger partial charge in [-0.3, -0.25) is 4.79 Å². The van der Waals surface area contributed by atoms with Crippen molar-refractivity contribution in [2.75, 3.05) is 0 Å². The number of carboxylic acid groups (broad SMARTS) is 1. The number of nitrogens with zero attached hydrogens (tertiary/aromatic N) is 1. The van der Waals surface area contributed by atoms with Crippen LogP contribution in [0.4, 0.5) is 4.79 Å². The van der Waals surface area contributed by atoms with Crippen LogP contribution in [0.1, 0.15) is 0 Å². The Bertz CT molecular complexity index is 80.5. The maximum absolute atomic E-state index is 8.78. The summed E-state index contributed by atoms with van der Waals surface area (Å²) < 4.78 is 0. The zero-order valence-electron chi connectivity index (χ0n) is 4.00. The SMILES string of the molecule is N.NC(=O)O.[N-]=C=O. The van der Waals surface area contributed by atoms with Crippen LogP contribution in [0.5, 0.6) is 0 Å². The Kier molecular flexibility index (Phi) is 34.9. The Morgan fingerprint density at radius 1 is 1.75 bits per heavy atom. The molecule has 48 valence electrons. The van der Waals surface area contributed by atoms with Gasteiger partial charge in [-0.05, 0) is 6.08 Å². The summed E-state index contributed by atoms with van der Waals surface area (Å²) in [5, 5.41) is 14.0. The van der Waals surface area contributed by atoms with Gasteiger partial charge in [-0.25, -0.2) is 4.79 Å². The van der Waals surface area contributed by atoms with E-state index in [9.17, 15) is 0 Å². The second-order valence-corrected chi connectivity index (χ2v) is 0.430. The van der Waals surface area contributed by atoms with Crippen molar-refractivity contribution in [1.29, 1.82) is 0 Å². The number of hydrogen-bond donors (Lipinski definition) is 3. The number of amides is 1. The predicted octanol–water partition coefficient (Wildman–Crippen LogP) is -0.323. The van der Waals surface area contributed by atoms with Crippen LogP contribution in [0, 0.1) is 0 Å². The summed E-state index contributed by atoms with van der Waals surface area (Å²) in [5.74, 6) is 0. The van der Waals surface area contributed by atoms with Gasteiger partial charge >= 0.3 is 6.09 Å². The van der Waals surface area contributed by atoms with E-state index in [0.717, 1.165) is 0 Å². The molecule has 0 bridgehead atoms. The molecule has 1 amide bonds. The van der Waals surface area contributed by atoms with Crippen LogP contribution >= 0.6 is 0 Å². The molecule has 6 nitrogen and oxygen atoms in total. The zero-order chi connectivity index (χ0) is 6.28. The second-order valence-electron chi connectivity index (χ2n) is 0.430. The molecule has 0 aromatic rings. The second kappa shape index (κ2) is 17.5. The molecule has 0 aliphatic heterocycles. The van der Waals surface area contributed by atoms with Crippen molar-refractivity contribution >= 4 is 12.2 Å². The maximum Gasteiger partial charge on any atom is 0.402 e. The Labute approximate surface area is 45.4 Å². The van der Waals surface area contributed by atoms with E-state index in [1.165, 1.54) is 0 Å². The molecular weight excluding hydrogens is 114 g/mol. The minimum absolute atomic E-state index is 0. The normalized spacial score (nSPS) is 4.00. The van der Waals surface area contributed by atoms with E-state index < -0.39 is 6.09 Å². The molecule has 8 heavy (non-hydrogen) atoms. The molecule has 0 rings (SSSR count). The molecule has 0 aromatic heterocycles. The van der Waals surface area contributed by atoms with E-state index in [0.29, 0.717) is 6.08 Å². The standard InChI is InChI=1S/CH3NO2.CNO.H3N/c2-1(3)4;2-1-3;/h2H2,(H,3,4);;1H3/q;-1;. The lowest BCUT2D eigenvalue weighted by Gasteiger charge is -1.61. The third-order valence-corrected chi connectivity index (χ3v) is 0. The molecular formula is C2H6N3O3-. The average molecular weight is 120 g/mol. The summed E-state index contributed by atoms with van der Waals surface area (Å²) >= 11 is 0. The highest BCUT2D eigenvalue weighted by atomic mass is 16.4. The molecule has 0 spiro atoms. The highest BCUT2D eigenvalue weighted by Crippen LogP contribution is 1.34. The van der Waals surface area contributed by atoms with Gasteiger partial charge in [0.1, 0.15) is 0 Å². The molecule has 0 fully saturated rings. The van der Waals surface area contributed by atoms with Crippen molar-refractivity contribution in [3.63, 3.8) is 0 Å². The first kappa shape index (κ1) is 16.0. The van der Waals surface area contributed by atoms with Crippen molar-refractivity contribution in [1.82, 2.24) is 6.15 Å². The topological polar surface area (TPSA) is 138 Å². The van der Waals surface area contributed by atoms with Crippen LogP contribution in [-0.2, 0) is 4.79 Å². The summed E-state index contributed by atoms with van der Waals surface area (Å²) in [6, 6.07) is 0. The lowest BCUT2D eigenvalue weighted by atomic mass is 11.3. The molecule has 0 heterocycles. The molecule has 0 aliphatic carbocycles. The number of carbonyl (C=O) groups is 1. The number of nitrogens with two attached hydrogens (primary N) is 1. The van der Waals surface area contributed by atoms with Gasteiger partial charge in [0, 0.05) is 0 Å². The number of primary amides is 1. The Hall–Kier alpha value is -1.39. The van der Waals surface area contributed by atoms with Crippen LogP contribution in [-0.4, -0.2) is 17.3 Å². The first-order chi connectivity index (χ1) is 3.15. The minimum atomic E-state index is -1.33. The molecule has 0 aromatic carbocycles. The predicted molar refractivity (Wildman–Crippen MR) is 26.3 cm³/mol. The molecule has 0 saturated carbocycles. The lowest BCUT2D eigenvalue weighted by Crippen LogP contribution is -2.03. The average Bonchev–Trinajstić information content (AvgIpc) is 1.33. The van der Waals surface area contributed by atoms with Crippen LogP contribution in [0.25, 0.3) is 5.41 Å². The van der Waals surface area contributed by atoms with E-state index in [1.807, 2.05) is 0 Å². The van der Waals surface area contributed by atoms with E-state index in [-0.39, 0.29) is 6.15 Å². The quantitative estimate of drug-likeness (QED) is 0.297. The van der Waals surface area contributed by atoms with Crippen LogP contribution in [0.15, 0.2) is 0 Å². The lowest BCUT2D eigenvalue weighted by molar-refractivity contribution is 0.205. The van der Waals surface area contributed by atoms with Gasteiger partial charge < -0.3 is 22.4 Å². The fourth-order valence-corrected chi connectivity index (χ4v) is 0. The van der Waals surface area contributed by atoms with Crippen molar-refractivity contribution in [3.8, 4) is 0 Å². The van der Waals surface area contributed by atoms with Gasteiger partial charge in [-0.2, -0.15) is 0 Å². The van der Waals surface area contributed by atoms with Gasteiger partial charge in [0.05, 0.1) is 0 Å². The number of carbonyl (C=O) groups excluding carboxylic acids is 1. The summed E-state index contributed by atoms with van der Waals surface area (Å²) in [6.45, 7) is 0. The van der Waals surface area contributed by atoms with Gasteiger partial charge in [-0.15, -0.1) is 0 Å². The van der Waals surface area contributed by atoms with E-state index in [4.69, 9.17) is 20.1 Å². The Morgan fingerprint density at radius 2 is 1.75 bits per heavy atom. The fraction of sp³-hybridized carbons (Fsp3) is 0. The van der Waals surface area contributed by atoms with Gasteiger partial charge in [-0.1, -0.05) is 0 Å². The first-order valence-electron chi connectivity index (χ1n) is 1.14. The molecule has 6 N–H and O–H groups in total. The van der Waals surface area contributed by atoms with Crippen molar-refractivity contribution in [3.05, 3.63) is 5.41 Å². The van der Waals surface area contributed by atoms with Crippen molar-refractivity contribution < 1.29 is 14.7 Å². The minimum Gasteiger partial charge on any atom is -0.724 e. The molecule has 0 aliphatic rings. The summed E-state index contributed by atoms with van der Waals surface area (Å²) in [4.78, 5) is 17.0. The fourth-order valence-electron chi connectivity index (χ4n) is 0. The first-order valence-corrected chi connectivity index (χ1v) is 1.14. The summed E-state index contributed by atoms with van der Waals surface area (Å²) in [6.07, 6.45) is -0.833. The molecule has 0 unspecified atom stereocenters. The number of rotatable bonds is 0. The summed E-state index contributed by atoms with van der Waals surface area (Å²) in [5.41, 5.74) is 4.03. The van der Waals surface area contributed by atoms with E-state index in [2.05, 4.69) is 5.73 Å². The Balaban J connectivity index is -0.0000000575. The van der Waals surface area contributed by atoms with Crippen LogP contribution in [0.2, 0.25) is 0 Å². The van der Waals surface area contributed by atoms with Crippen LogP contribution < -0.4 is 11.9 Å². The highest BCUT2D eigenvalue weighted by Gasteiger charge is 1.65.